The van der Waals surface area contributed by atoms with E-state index in [9.17, 15) is 4.79 Å². The highest BCUT2D eigenvalue weighted by molar-refractivity contribution is 5.82. The van der Waals surface area contributed by atoms with Gasteiger partial charge in [0.2, 0.25) is 0 Å². The Balaban J connectivity index is 1.29. The lowest BCUT2D eigenvalue weighted by Gasteiger charge is -2.58. The van der Waals surface area contributed by atoms with Gasteiger partial charge in [-0.05, 0) is 78.9 Å². The minimum absolute atomic E-state index is 0.270. The number of fused-ring (bicyclic) bond motifs is 7. The fourth-order valence-electron chi connectivity index (χ4n) is 9.49. The van der Waals surface area contributed by atoms with Gasteiger partial charge >= 0.3 is 0 Å². The number of allylic oxidation sites excluding steroid dienone is 2. The van der Waals surface area contributed by atoms with E-state index in [0.717, 1.165) is 50.0 Å². The van der Waals surface area contributed by atoms with E-state index in [-0.39, 0.29) is 11.2 Å². The second-order valence-corrected chi connectivity index (χ2v) is 12.5. The minimum Gasteiger partial charge on any atom is -0.349 e. The maximum absolute atomic E-state index is 12.1. The van der Waals surface area contributed by atoms with E-state index in [4.69, 9.17) is 9.47 Å². The van der Waals surface area contributed by atoms with E-state index in [1.165, 1.54) is 37.7 Å². The molecule has 4 aliphatic carbocycles. The average molecular weight is 413 g/mol. The number of rotatable bonds is 0. The van der Waals surface area contributed by atoms with E-state index in [0.29, 0.717) is 35.1 Å². The van der Waals surface area contributed by atoms with E-state index in [1.54, 1.807) is 0 Å². The number of ether oxygens (including phenoxy) is 2. The van der Waals surface area contributed by atoms with Gasteiger partial charge in [0.15, 0.2) is 5.79 Å². The van der Waals surface area contributed by atoms with Crippen molar-refractivity contribution in [2.75, 3.05) is 6.61 Å². The molecule has 3 heteroatoms. The SMILES string of the molecule is C[C@@H]1CCC2(OC1)OC1CC3C4CC=C5CC(=O)CC[C@]5(C)C4CC[C@]3(C)C1[C@@H]2C. The zero-order valence-electron chi connectivity index (χ0n) is 19.4. The lowest BCUT2D eigenvalue weighted by molar-refractivity contribution is -0.272. The van der Waals surface area contributed by atoms with Gasteiger partial charge in [0.1, 0.15) is 5.78 Å². The number of Topliss-reactive ketones (excluding diaryl/α,β-unsaturated/α-hetero) is 1. The van der Waals surface area contributed by atoms with E-state index in [1.807, 2.05) is 0 Å². The number of carbonyl (C=O) groups is 1. The molecule has 6 aliphatic rings. The van der Waals surface area contributed by atoms with Crippen LogP contribution < -0.4 is 0 Å². The molecule has 0 N–H and O–H groups in total. The lowest BCUT2D eigenvalue weighted by atomic mass is 9.47. The van der Waals surface area contributed by atoms with Crippen LogP contribution in [0.3, 0.4) is 0 Å². The molecule has 10 atom stereocenters. The van der Waals surface area contributed by atoms with Crippen LogP contribution in [0.5, 0.6) is 0 Å². The molecule has 0 amide bonds. The van der Waals surface area contributed by atoms with Crippen molar-refractivity contribution in [3.8, 4) is 0 Å². The zero-order chi connectivity index (χ0) is 20.9. The maximum Gasteiger partial charge on any atom is 0.171 e. The van der Waals surface area contributed by atoms with Crippen molar-refractivity contribution in [1.82, 2.24) is 0 Å². The number of carbonyl (C=O) groups excluding carboxylic acids is 1. The van der Waals surface area contributed by atoms with E-state index in [2.05, 4.69) is 33.8 Å². The van der Waals surface area contributed by atoms with Crippen molar-refractivity contribution in [3.63, 3.8) is 0 Å². The summed E-state index contributed by atoms with van der Waals surface area (Å²) >= 11 is 0. The number of ketones is 1. The Labute approximate surface area is 182 Å². The van der Waals surface area contributed by atoms with Crippen LogP contribution in [0.4, 0.5) is 0 Å². The quantitative estimate of drug-likeness (QED) is 0.463. The van der Waals surface area contributed by atoms with Crippen molar-refractivity contribution in [2.24, 2.45) is 46.3 Å². The Morgan fingerprint density at radius 1 is 1.07 bits per heavy atom. The summed E-state index contributed by atoms with van der Waals surface area (Å²) in [6, 6.07) is 0. The van der Waals surface area contributed by atoms with Crippen LogP contribution in [0.15, 0.2) is 11.6 Å². The first-order valence-electron chi connectivity index (χ1n) is 12.8. The fraction of sp³-hybridized carbons (Fsp3) is 0.889. The van der Waals surface area contributed by atoms with Crippen LogP contribution in [0.2, 0.25) is 0 Å². The van der Waals surface area contributed by atoms with Gasteiger partial charge in [0, 0.05) is 25.2 Å². The first-order valence-corrected chi connectivity index (χ1v) is 12.8. The Kier molecular flexibility index (Phi) is 4.29. The molecule has 2 aliphatic heterocycles. The predicted molar refractivity (Wildman–Crippen MR) is 117 cm³/mol. The summed E-state index contributed by atoms with van der Waals surface area (Å²) in [5, 5.41) is 0. The van der Waals surface area contributed by atoms with Crippen LogP contribution in [0, 0.1) is 46.3 Å². The summed E-state index contributed by atoms with van der Waals surface area (Å²) in [4.78, 5) is 12.1. The third-order valence-corrected chi connectivity index (χ3v) is 11.2. The summed E-state index contributed by atoms with van der Waals surface area (Å²) in [7, 11) is 0. The van der Waals surface area contributed by atoms with Crippen molar-refractivity contribution in [2.45, 2.75) is 97.4 Å². The molecule has 6 rings (SSSR count). The molecule has 0 aromatic heterocycles. The Morgan fingerprint density at radius 2 is 1.90 bits per heavy atom. The molecular weight excluding hydrogens is 372 g/mol. The summed E-state index contributed by atoms with van der Waals surface area (Å²) < 4.78 is 13.3. The standard InChI is InChI=1S/C27H40O3/c1-16-7-12-27(29-15-16)17(2)24-23(30-27)14-22-20-6-5-18-13-19(28)8-10-25(18,3)21(20)9-11-26(22,24)4/h5,16-17,20-24H,6-15H2,1-4H3/t16-,17+,20?,21?,22?,23?,24?,25+,26+,27?/m1/s1. The van der Waals surface area contributed by atoms with Crippen molar-refractivity contribution in [1.29, 1.82) is 0 Å². The highest BCUT2D eigenvalue weighted by Gasteiger charge is 2.68. The van der Waals surface area contributed by atoms with Gasteiger partial charge in [-0.2, -0.15) is 0 Å². The van der Waals surface area contributed by atoms with E-state index >= 15 is 0 Å². The zero-order valence-corrected chi connectivity index (χ0v) is 19.4. The van der Waals surface area contributed by atoms with Crippen molar-refractivity contribution >= 4 is 5.78 Å². The van der Waals surface area contributed by atoms with Crippen molar-refractivity contribution in [3.05, 3.63) is 11.6 Å². The number of hydrogen-bond acceptors (Lipinski definition) is 3. The van der Waals surface area contributed by atoms with Crippen LogP contribution in [-0.4, -0.2) is 24.3 Å². The summed E-state index contributed by atoms with van der Waals surface area (Å²) in [5.74, 6) is 4.26. The summed E-state index contributed by atoms with van der Waals surface area (Å²) in [6.45, 7) is 10.7. The monoisotopic (exact) mass is 412 g/mol. The molecule has 3 saturated carbocycles. The summed E-state index contributed by atoms with van der Waals surface area (Å²) in [5.41, 5.74) is 2.13. The third-order valence-electron chi connectivity index (χ3n) is 11.2. The first kappa shape index (κ1) is 20.0. The largest absolute Gasteiger partial charge is 0.349 e. The minimum atomic E-state index is -0.304. The van der Waals surface area contributed by atoms with Crippen LogP contribution in [0.1, 0.15) is 85.5 Å². The van der Waals surface area contributed by atoms with Gasteiger partial charge in [-0.15, -0.1) is 0 Å². The molecule has 2 heterocycles. The Morgan fingerprint density at radius 3 is 2.67 bits per heavy atom. The molecule has 0 aromatic carbocycles. The Hall–Kier alpha value is -0.670. The predicted octanol–water partition coefficient (Wildman–Crippen LogP) is 5.92. The molecule has 166 valence electrons. The molecular formula is C27H40O3. The maximum atomic E-state index is 12.1. The lowest BCUT2D eigenvalue weighted by Crippen LogP contribution is -2.52. The summed E-state index contributed by atoms with van der Waals surface area (Å²) in [6.07, 6.45) is 12.9. The molecule has 5 fully saturated rings. The second kappa shape index (κ2) is 6.44. The van der Waals surface area contributed by atoms with Crippen molar-refractivity contribution < 1.29 is 14.3 Å². The molecule has 0 radical (unpaired) electrons. The molecule has 0 aromatic rings. The average Bonchev–Trinajstić information content (AvgIpc) is 3.16. The molecule has 30 heavy (non-hydrogen) atoms. The van der Waals surface area contributed by atoms with E-state index < -0.39 is 0 Å². The molecule has 6 unspecified atom stereocenters. The molecule has 2 saturated heterocycles. The van der Waals surface area contributed by atoms with Gasteiger partial charge in [-0.25, -0.2) is 0 Å². The van der Waals surface area contributed by atoms with Gasteiger partial charge in [-0.1, -0.05) is 39.3 Å². The normalized spacial score (nSPS) is 57.4. The van der Waals surface area contributed by atoms with Gasteiger partial charge in [0.05, 0.1) is 12.7 Å². The molecule has 3 nitrogen and oxygen atoms in total. The molecule has 0 bridgehead atoms. The third kappa shape index (κ3) is 2.48. The van der Waals surface area contributed by atoms with Gasteiger partial charge in [-0.3, -0.25) is 4.79 Å². The number of hydrogen-bond donors (Lipinski definition) is 0. The Bertz CT molecular complexity index is 777. The van der Waals surface area contributed by atoms with Crippen LogP contribution in [-0.2, 0) is 14.3 Å². The second-order valence-electron chi connectivity index (χ2n) is 12.5. The van der Waals surface area contributed by atoms with Gasteiger partial charge < -0.3 is 9.47 Å². The van der Waals surface area contributed by atoms with Crippen LogP contribution in [0.25, 0.3) is 0 Å². The highest BCUT2D eigenvalue weighted by atomic mass is 16.7. The van der Waals surface area contributed by atoms with Gasteiger partial charge in [0.25, 0.3) is 0 Å². The smallest absolute Gasteiger partial charge is 0.171 e. The highest BCUT2D eigenvalue weighted by Crippen LogP contribution is 2.70. The first-order chi connectivity index (χ1) is 14.3. The van der Waals surface area contributed by atoms with Crippen LogP contribution >= 0.6 is 0 Å². The molecule has 1 spiro atoms. The fourth-order valence-corrected chi connectivity index (χ4v) is 9.49. The topological polar surface area (TPSA) is 35.5 Å².